The van der Waals surface area contributed by atoms with Crippen LogP contribution < -0.4 is 0 Å². The van der Waals surface area contributed by atoms with E-state index in [0.29, 0.717) is 0 Å². The lowest BCUT2D eigenvalue weighted by molar-refractivity contribution is 0.101. The molecule has 1 aromatic rings. The number of hydrogen-bond acceptors (Lipinski definition) is 4. The lowest BCUT2D eigenvalue weighted by atomic mass is 10.2. The molecule has 0 saturated heterocycles. The predicted molar refractivity (Wildman–Crippen MR) is 54.5 cm³/mol. The Balaban J connectivity index is 0.000000310. The van der Waals surface area contributed by atoms with E-state index in [2.05, 4.69) is 11.2 Å². The minimum Gasteiger partial charge on any atom is -0.459 e. The van der Waals surface area contributed by atoms with E-state index >= 15 is 0 Å². The van der Waals surface area contributed by atoms with Crippen LogP contribution in [-0.2, 0) is 25.0 Å². The van der Waals surface area contributed by atoms with E-state index in [1.165, 1.54) is 0 Å². The fourth-order valence-electron chi connectivity index (χ4n) is 0.673. The Hall–Kier alpha value is -0.780. The number of ketones is 1. The summed E-state index contributed by atoms with van der Waals surface area (Å²) in [5.41, 5.74) is 0.775. The third-order valence-corrected chi connectivity index (χ3v) is 1.18. The third-order valence-electron chi connectivity index (χ3n) is 1.18. The molecule has 0 bridgehead atoms. The van der Waals surface area contributed by atoms with Gasteiger partial charge in [-0.25, -0.2) is 11.2 Å². The summed E-state index contributed by atoms with van der Waals surface area (Å²) in [6, 6.07) is 9.23. The third kappa shape index (κ3) is 7.58. The molecule has 72 valence electrons. The zero-order chi connectivity index (χ0) is 10.3. The van der Waals surface area contributed by atoms with Crippen molar-refractivity contribution >= 4 is 26.6 Å². The fourth-order valence-corrected chi connectivity index (χ4v) is 0.673. The van der Waals surface area contributed by atoms with Crippen molar-refractivity contribution in [3.8, 4) is 0 Å². The maximum absolute atomic E-state index is 10.6. The van der Waals surface area contributed by atoms with Crippen LogP contribution in [0.2, 0.25) is 0 Å². The standard InChI is InChI=1S/C8H8O.HO2S2/c1-7(9)8-5-3-2-4-6-8;1-4(2)3/h2-6H,1H3;(H,1,2,3)/q;-1. The summed E-state index contributed by atoms with van der Waals surface area (Å²) in [5, 5.41) is 0. The van der Waals surface area contributed by atoms with Gasteiger partial charge in [0.05, 0.1) is 0 Å². The number of carbonyl (C=O) groups is 1. The largest absolute Gasteiger partial charge is 0.459 e. The lowest BCUT2D eigenvalue weighted by Gasteiger charge is -1.89. The molecule has 0 amide bonds. The first-order chi connectivity index (χ1) is 6.04. The van der Waals surface area contributed by atoms with E-state index in [1.807, 2.05) is 30.3 Å². The Morgan fingerprint density at radius 3 is 2.00 bits per heavy atom. The van der Waals surface area contributed by atoms with Crippen LogP contribution in [0.25, 0.3) is 0 Å². The lowest BCUT2D eigenvalue weighted by Crippen LogP contribution is -1.88. The number of rotatable bonds is 1. The van der Waals surface area contributed by atoms with Gasteiger partial charge in [-0.2, -0.15) is 0 Å². The summed E-state index contributed by atoms with van der Waals surface area (Å²) in [6.45, 7) is 1.56. The van der Waals surface area contributed by atoms with Crippen LogP contribution in [0, 0.1) is 0 Å². The number of hydrogen-bond donors (Lipinski definition) is 1. The van der Waals surface area contributed by atoms with Gasteiger partial charge in [0.15, 0.2) is 5.78 Å². The van der Waals surface area contributed by atoms with Gasteiger partial charge >= 0.3 is 0 Å². The molecule has 0 radical (unpaired) electrons. The van der Waals surface area contributed by atoms with Gasteiger partial charge in [-0.1, -0.05) is 40.0 Å². The van der Waals surface area contributed by atoms with Gasteiger partial charge in [-0.3, -0.25) is 4.79 Å². The summed E-state index contributed by atoms with van der Waals surface area (Å²) < 4.78 is 16.3. The van der Waals surface area contributed by atoms with Crippen LogP contribution in [0.15, 0.2) is 30.3 Å². The fraction of sp³-hybridized carbons (Fsp3) is 0.125. The van der Waals surface area contributed by atoms with Crippen LogP contribution in [0.3, 0.4) is 0 Å². The van der Waals surface area contributed by atoms with E-state index in [-0.39, 0.29) is 5.78 Å². The van der Waals surface area contributed by atoms with Gasteiger partial charge in [0, 0.05) is 5.56 Å². The Morgan fingerprint density at radius 2 is 1.77 bits per heavy atom. The van der Waals surface area contributed by atoms with Crippen molar-refractivity contribution in [3.63, 3.8) is 0 Å². The second kappa shape index (κ2) is 6.71. The molecular weight excluding hydrogens is 208 g/mol. The highest BCUT2D eigenvalue weighted by Gasteiger charge is 1.92. The SMILES string of the molecule is CC(=O)c1ccccc1.O=[S-](O)=S. The first-order valence-electron chi connectivity index (χ1n) is 3.38. The molecule has 3 nitrogen and oxygen atoms in total. The molecule has 1 aromatic carbocycles. The van der Waals surface area contributed by atoms with Crippen LogP contribution >= 0.6 is 0 Å². The van der Waals surface area contributed by atoms with Gasteiger partial charge in [0.2, 0.25) is 0 Å². The highest BCUT2D eigenvalue weighted by atomic mass is 32.8. The highest BCUT2D eigenvalue weighted by Crippen LogP contribution is 1.97. The van der Waals surface area contributed by atoms with Gasteiger partial charge in [-0.15, -0.1) is 0 Å². The Bertz CT molecular complexity index is 323. The molecule has 0 spiro atoms. The zero-order valence-corrected chi connectivity index (χ0v) is 8.60. The Kier molecular flexibility index (Phi) is 6.30. The van der Waals surface area contributed by atoms with Gasteiger partial charge < -0.3 is 8.76 Å². The topological polar surface area (TPSA) is 54.4 Å². The van der Waals surface area contributed by atoms with Crippen LogP contribution in [0.1, 0.15) is 17.3 Å². The molecule has 5 heteroatoms. The number of Topliss-reactive ketones (excluding diaryl/α,β-unsaturated/α-hetero) is 1. The molecule has 0 aliphatic heterocycles. The molecule has 0 aromatic heterocycles. The molecule has 1 N–H and O–H groups in total. The monoisotopic (exact) mass is 217 g/mol. The van der Waals surface area contributed by atoms with Crippen molar-refractivity contribution in [2.75, 3.05) is 0 Å². The van der Waals surface area contributed by atoms with Crippen LogP contribution in [-0.4, -0.2) is 10.3 Å². The summed E-state index contributed by atoms with van der Waals surface area (Å²) in [4.78, 5) is 10.6. The minimum atomic E-state index is -2.03. The van der Waals surface area contributed by atoms with Crippen molar-refractivity contribution in [1.82, 2.24) is 0 Å². The molecule has 1 rings (SSSR count). The maximum atomic E-state index is 10.6. The Morgan fingerprint density at radius 1 is 1.38 bits per heavy atom. The summed E-state index contributed by atoms with van der Waals surface area (Å²) >= 11 is 3.65. The van der Waals surface area contributed by atoms with Crippen molar-refractivity contribution < 1.29 is 13.6 Å². The predicted octanol–water partition coefficient (Wildman–Crippen LogP) is 1.77. The summed E-state index contributed by atoms with van der Waals surface area (Å²) in [5.74, 6) is 0.121. The van der Waals surface area contributed by atoms with E-state index in [4.69, 9.17) is 8.76 Å². The van der Waals surface area contributed by atoms with E-state index < -0.39 is 9.64 Å². The van der Waals surface area contributed by atoms with Gasteiger partial charge in [-0.05, 0) is 6.92 Å². The number of carbonyl (C=O) groups excluding carboxylic acids is 1. The second-order valence-corrected chi connectivity index (χ2v) is 3.43. The smallest absolute Gasteiger partial charge is 0.159 e. The molecule has 0 unspecified atom stereocenters. The average Bonchev–Trinajstić information content (AvgIpc) is 2.05. The molecule has 0 atom stereocenters. The first-order valence-corrected chi connectivity index (χ1v) is 5.41. The van der Waals surface area contributed by atoms with E-state index in [0.717, 1.165) is 5.56 Å². The molecule has 0 aliphatic rings. The van der Waals surface area contributed by atoms with Crippen molar-refractivity contribution in [2.45, 2.75) is 6.92 Å². The molecule has 0 aliphatic carbocycles. The highest BCUT2D eigenvalue weighted by molar-refractivity contribution is 8.18. The van der Waals surface area contributed by atoms with Crippen LogP contribution in [0.4, 0.5) is 0 Å². The summed E-state index contributed by atoms with van der Waals surface area (Å²) in [6.07, 6.45) is 0. The average molecular weight is 217 g/mol. The van der Waals surface area contributed by atoms with Gasteiger partial charge in [0.25, 0.3) is 0 Å². The molecule has 0 heterocycles. The maximum Gasteiger partial charge on any atom is 0.159 e. The zero-order valence-electron chi connectivity index (χ0n) is 6.97. The number of benzene rings is 1. The molecule has 13 heavy (non-hydrogen) atoms. The molecule has 0 saturated carbocycles. The first kappa shape index (κ1) is 12.2. The van der Waals surface area contributed by atoms with Crippen molar-refractivity contribution in [2.24, 2.45) is 0 Å². The molecular formula is C8H9O3S2-. The Labute approximate surface area is 83.3 Å². The van der Waals surface area contributed by atoms with Crippen molar-refractivity contribution in [3.05, 3.63) is 35.9 Å². The van der Waals surface area contributed by atoms with Gasteiger partial charge in [0.1, 0.15) is 0 Å². The van der Waals surface area contributed by atoms with E-state index in [9.17, 15) is 4.79 Å². The van der Waals surface area contributed by atoms with E-state index in [1.54, 1.807) is 6.92 Å². The minimum absolute atomic E-state index is 0.121. The quantitative estimate of drug-likeness (QED) is 0.442. The van der Waals surface area contributed by atoms with Crippen molar-refractivity contribution in [1.29, 1.82) is 0 Å². The second-order valence-electron chi connectivity index (χ2n) is 2.14. The summed E-state index contributed by atoms with van der Waals surface area (Å²) in [7, 11) is -2.03. The van der Waals surface area contributed by atoms with Crippen LogP contribution in [0.5, 0.6) is 0 Å². The normalized spacial score (nSPS) is 8.85. The molecule has 0 fully saturated rings.